The second kappa shape index (κ2) is 61.5. The summed E-state index contributed by atoms with van der Waals surface area (Å²) in [5.74, 6) is -6.14. The van der Waals surface area contributed by atoms with Gasteiger partial charge in [0.1, 0.15) is 67.1 Å². The fraction of sp³-hybridized carbons (Fsp3) is 0.892. The van der Waals surface area contributed by atoms with Gasteiger partial charge in [0.25, 0.3) is 5.79 Å². The van der Waals surface area contributed by atoms with Crippen LogP contribution in [0.25, 0.3) is 0 Å². The molecule has 0 bridgehead atoms. The van der Waals surface area contributed by atoms with Crippen molar-refractivity contribution in [3.63, 3.8) is 0 Å². The molecule has 0 aromatic carbocycles. The molecule has 2 amide bonds. The van der Waals surface area contributed by atoms with Crippen molar-refractivity contribution in [3.05, 3.63) is 36.5 Å². The summed E-state index contributed by atoms with van der Waals surface area (Å²) in [6.07, 6.45) is 42.3. The zero-order chi connectivity index (χ0) is 77.4. The Hall–Kier alpha value is -3.05. The predicted octanol–water partition coefficient (Wildman–Crippen LogP) is 12.1. The second-order valence-electron chi connectivity index (χ2n) is 30.7. The molecule has 3 fully saturated rings. The van der Waals surface area contributed by atoms with Crippen molar-refractivity contribution in [2.24, 2.45) is 0 Å². The van der Waals surface area contributed by atoms with Gasteiger partial charge < -0.3 is 100 Å². The van der Waals surface area contributed by atoms with Crippen LogP contribution in [0.4, 0.5) is 0 Å². The first-order valence-electron chi connectivity index (χ1n) is 42.4. The van der Waals surface area contributed by atoms with E-state index in [1.165, 1.54) is 238 Å². The molecule has 18 atom stereocenters. The third-order valence-electron chi connectivity index (χ3n) is 21.3. The van der Waals surface area contributed by atoms with Crippen LogP contribution in [0.5, 0.6) is 0 Å². The van der Waals surface area contributed by atoms with E-state index in [2.05, 4.69) is 48.8 Å². The molecule has 3 heterocycles. The number of carbonyl (C=O) groups is 3. The van der Waals surface area contributed by atoms with Crippen LogP contribution in [0.3, 0.4) is 0 Å². The monoisotopic (exact) mass is 1510 g/mol. The SMILES string of the molecule is CCCCCCCCCCCCC/C=C/C(O)C(COC1OC(CO)C(OC2OC(CO)C(O)C(OC3(C(=O)O)CC(O)C(NC(C)=O)C(C(O)C(O)CO)O3)C2O)C(O)C1O)NC(=O)CCCCCCCCCCCCCCCCCCC/C=C\C/C=C\CCCCCCCCCCCCCCCCC. The van der Waals surface area contributed by atoms with Crippen LogP contribution in [0.15, 0.2) is 36.5 Å². The van der Waals surface area contributed by atoms with Gasteiger partial charge in [-0.2, -0.15) is 0 Å². The van der Waals surface area contributed by atoms with Crippen LogP contribution in [-0.4, -0.2) is 215 Å². The quantitative estimate of drug-likeness (QED) is 0.0199. The zero-order valence-electron chi connectivity index (χ0n) is 65.8. The first-order chi connectivity index (χ1) is 51.4. The van der Waals surface area contributed by atoms with Crippen LogP contribution < -0.4 is 10.6 Å². The molecular formula is C83H152N2O21. The molecule has 0 saturated carbocycles. The lowest BCUT2D eigenvalue weighted by Crippen LogP contribution is -2.70. The number of hydrogen-bond acceptors (Lipinski definition) is 20. The van der Waals surface area contributed by atoms with Crippen molar-refractivity contribution in [3.8, 4) is 0 Å². The van der Waals surface area contributed by atoms with E-state index in [1.807, 2.05) is 6.08 Å². The number of nitrogens with one attached hydrogen (secondary N) is 2. The van der Waals surface area contributed by atoms with Gasteiger partial charge in [-0.05, 0) is 51.4 Å². The minimum Gasteiger partial charge on any atom is -0.477 e. The van der Waals surface area contributed by atoms with Gasteiger partial charge in [0.2, 0.25) is 11.8 Å². The van der Waals surface area contributed by atoms with Crippen LogP contribution in [-0.2, 0) is 42.8 Å². The Kier molecular flexibility index (Phi) is 56.4. The smallest absolute Gasteiger partial charge is 0.364 e. The zero-order valence-corrected chi connectivity index (χ0v) is 65.8. The van der Waals surface area contributed by atoms with E-state index < -0.39 is 155 Å². The maximum absolute atomic E-state index is 13.5. The Morgan fingerprint density at radius 3 is 1.33 bits per heavy atom. The van der Waals surface area contributed by atoms with Crippen LogP contribution in [0.2, 0.25) is 0 Å². The van der Waals surface area contributed by atoms with Gasteiger partial charge in [0.05, 0.1) is 50.7 Å². The lowest BCUT2D eigenvalue weighted by Gasteiger charge is -2.50. The number of allylic oxidation sites excluding steroid dienone is 5. The lowest BCUT2D eigenvalue weighted by molar-refractivity contribution is -0.386. The summed E-state index contributed by atoms with van der Waals surface area (Å²) < 4.78 is 34.9. The molecule has 14 N–H and O–H groups in total. The van der Waals surface area contributed by atoms with E-state index in [0.717, 1.165) is 58.3 Å². The van der Waals surface area contributed by atoms with Crippen molar-refractivity contribution in [2.45, 2.75) is 445 Å². The van der Waals surface area contributed by atoms with Crippen LogP contribution in [0.1, 0.15) is 335 Å². The highest BCUT2D eigenvalue weighted by molar-refractivity contribution is 5.77. The topological polar surface area (TPSA) is 373 Å². The van der Waals surface area contributed by atoms with E-state index in [4.69, 9.17) is 28.4 Å². The van der Waals surface area contributed by atoms with Crippen molar-refractivity contribution in [2.75, 3.05) is 26.4 Å². The molecule has 3 saturated heterocycles. The predicted molar refractivity (Wildman–Crippen MR) is 412 cm³/mol. The Bertz CT molecular complexity index is 2250. The molecule has 0 spiro atoms. The summed E-state index contributed by atoms with van der Waals surface area (Å²) in [7, 11) is 0. The minimum absolute atomic E-state index is 0.201. The minimum atomic E-state index is -3.08. The molecule has 3 aliphatic heterocycles. The molecule has 620 valence electrons. The molecule has 23 nitrogen and oxygen atoms in total. The fourth-order valence-electron chi connectivity index (χ4n) is 14.6. The molecule has 0 radical (unpaired) electrons. The maximum Gasteiger partial charge on any atom is 0.364 e. The van der Waals surface area contributed by atoms with E-state index in [-0.39, 0.29) is 12.3 Å². The summed E-state index contributed by atoms with van der Waals surface area (Å²) in [6, 6.07) is -2.62. The number of aliphatic hydroxyl groups is 11. The summed E-state index contributed by atoms with van der Waals surface area (Å²) in [5, 5.41) is 136. The highest BCUT2D eigenvalue weighted by Crippen LogP contribution is 2.39. The van der Waals surface area contributed by atoms with Crippen LogP contribution in [0, 0.1) is 0 Å². The number of hydrogen-bond donors (Lipinski definition) is 14. The molecule has 18 unspecified atom stereocenters. The average molecular weight is 1510 g/mol. The number of carboxylic acids is 1. The summed E-state index contributed by atoms with van der Waals surface area (Å²) in [4.78, 5) is 38.6. The normalized spacial score (nSPS) is 26.3. The van der Waals surface area contributed by atoms with E-state index in [0.29, 0.717) is 12.8 Å². The van der Waals surface area contributed by atoms with Gasteiger partial charge >= 0.3 is 5.97 Å². The summed E-state index contributed by atoms with van der Waals surface area (Å²) in [6.45, 7) is 2.16. The first kappa shape index (κ1) is 97.1. The lowest BCUT2D eigenvalue weighted by atomic mass is 9.88. The standard InChI is InChI=1S/C83H152N2O21/c1-4-6-8-10-12-14-16-18-19-20-21-22-23-24-25-26-27-28-29-30-31-32-33-34-35-36-37-38-39-40-41-42-43-45-47-49-51-53-55-57-70(93)85-64(65(90)56-54-52-50-48-46-44-17-15-13-11-9-7-5-2)62-101-80-75(97)74(96)77(69(61-88)103-80)104-81-76(98)79(73(95)68(60-87)102-81)106-83(82(99)100)58-66(91)71(84-63(3)89)78(105-83)72(94)67(92)59-86/h27-28,30-31,54,56,64-69,71-81,86-88,90-92,94-98H,4-26,29,32-53,55,57-62H2,1-3H3,(H,84,89)(H,85,93)(H,99,100)/b28-27-,31-30-,56-54+. The Morgan fingerprint density at radius 2 is 0.915 bits per heavy atom. The highest BCUT2D eigenvalue weighted by atomic mass is 16.8. The van der Waals surface area contributed by atoms with Crippen molar-refractivity contribution >= 4 is 17.8 Å². The molecule has 3 rings (SSSR count). The Balaban J connectivity index is 1.39. The molecule has 3 aliphatic rings. The number of aliphatic carboxylic acids is 1. The van der Waals surface area contributed by atoms with Crippen molar-refractivity contribution in [1.82, 2.24) is 10.6 Å². The Morgan fingerprint density at radius 1 is 0.500 bits per heavy atom. The third-order valence-corrected chi connectivity index (χ3v) is 21.3. The van der Waals surface area contributed by atoms with Gasteiger partial charge in [0.15, 0.2) is 12.6 Å². The van der Waals surface area contributed by atoms with Crippen LogP contribution >= 0.6 is 0 Å². The summed E-state index contributed by atoms with van der Waals surface area (Å²) in [5.41, 5.74) is 0. The maximum atomic E-state index is 13.5. The largest absolute Gasteiger partial charge is 0.477 e. The van der Waals surface area contributed by atoms with Gasteiger partial charge in [-0.3, -0.25) is 9.59 Å². The van der Waals surface area contributed by atoms with Gasteiger partial charge in [-0.25, -0.2) is 4.79 Å². The van der Waals surface area contributed by atoms with Crippen molar-refractivity contribution < 1.29 is 104 Å². The summed E-state index contributed by atoms with van der Waals surface area (Å²) >= 11 is 0. The van der Waals surface area contributed by atoms with E-state index in [9.17, 15) is 75.7 Å². The number of rotatable bonds is 67. The number of ether oxygens (including phenoxy) is 6. The molecule has 0 aromatic rings. The average Bonchev–Trinajstić information content (AvgIpc) is 0.754. The molecule has 0 aromatic heterocycles. The first-order valence-corrected chi connectivity index (χ1v) is 42.4. The number of amides is 2. The molecule has 23 heteroatoms. The highest BCUT2D eigenvalue weighted by Gasteiger charge is 2.60. The number of carboxylic acid groups (broad SMARTS) is 1. The van der Waals surface area contributed by atoms with Gasteiger partial charge in [-0.1, -0.05) is 301 Å². The van der Waals surface area contributed by atoms with Gasteiger partial charge in [-0.15, -0.1) is 0 Å². The molecule has 106 heavy (non-hydrogen) atoms. The number of unbranched alkanes of at least 4 members (excludes halogenated alkanes) is 43. The van der Waals surface area contributed by atoms with E-state index >= 15 is 0 Å². The van der Waals surface area contributed by atoms with Gasteiger partial charge in [0, 0.05) is 19.8 Å². The van der Waals surface area contributed by atoms with E-state index in [1.54, 1.807) is 6.08 Å². The Labute approximate surface area is 637 Å². The third kappa shape index (κ3) is 40.9. The fourth-order valence-corrected chi connectivity index (χ4v) is 14.6. The number of carbonyl (C=O) groups excluding carboxylic acids is 2. The molecule has 0 aliphatic carbocycles. The second-order valence-corrected chi connectivity index (χ2v) is 30.7. The number of aliphatic hydroxyl groups excluding tert-OH is 11. The van der Waals surface area contributed by atoms with Crippen molar-refractivity contribution in [1.29, 1.82) is 0 Å². The molecular weight excluding hydrogens is 1360 g/mol.